The quantitative estimate of drug-likeness (QED) is 0.864. The molecule has 0 bridgehead atoms. The maximum atomic E-state index is 13.4. The van der Waals surface area contributed by atoms with Crippen molar-refractivity contribution in [2.24, 2.45) is 0 Å². The molecule has 148 valence electrons. The average molecular weight is 388 g/mol. The zero-order valence-electron chi connectivity index (χ0n) is 15.4. The van der Waals surface area contributed by atoms with E-state index in [0.717, 1.165) is 30.5 Å². The van der Waals surface area contributed by atoms with Crippen molar-refractivity contribution in [1.82, 2.24) is 29.7 Å². The summed E-state index contributed by atoms with van der Waals surface area (Å²) in [5.74, 6) is -2.31. The van der Waals surface area contributed by atoms with E-state index in [1.807, 2.05) is 4.90 Å². The van der Waals surface area contributed by atoms with Gasteiger partial charge in [0.1, 0.15) is 12.0 Å². The Kier molecular flexibility index (Phi) is 4.15. The van der Waals surface area contributed by atoms with Crippen LogP contribution in [0.5, 0.6) is 0 Å². The zero-order chi connectivity index (χ0) is 19.3. The van der Waals surface area contributed by atoms with Crippen LogP contribution in [-0.2, 0) is 12.8 Å². The van der Waals surface area contributed by atoms with E-state index in [2.05, 4.69) is 20.3 Å². The second-order valence-electron chi connectivity index (χ2n) is 7.99. The van der Waals surface area contributed by atoms with Gasteiger partial charge in [-0.25, -0.2) is 23.7 Å². The Morgan fingerprint density at radius 2 is 2.11 bits per heavy atom. The van der Waals surface area contributed by atoms with E-state index in [9.17, 15) is 13.6 Å². The number of likely N-dealkylation sites (tertiary alicyclic amines) is 1. The second-order valence-corrected chi connectivity index (χ2v) is 7.99. The molecule has 7 nitrogen and oxygen atoms in total. The number of fused-ring (bicyclic) bond motifs is 1. The molecule has 0 radical (unpaired) electrons. The first-order valence-corrected chi connectivity index (χ1v) is 9.79. The summed E-state index contributed by atoms with van der Waals surface area (Å²) in [6.07, 6.45) is 8.98. The average Bonchev–Trinajstić information content (AvgIpc) is 3.36. The molecular weight excluding hydrogens is 366 g/mol. The number of carbonyl (C=O) groups is 1. The normalized spacial score (nSPS) is 26.1. The highest BCUT2D eigenvalue weighted by Crippen LogP contribution is 2.34. The molecule has 1 saturated heterocycles. The summed E-state index contributed by atoms with van der Waals surface area (Å²) in [4.78, 5) is 27.9. The van der Waals surface area contributed by atoms with E-state index in [4.69, 9.17) is 0 Å². The lowest BCUT2D eigenvalue weighted by atomic mass is 9.85. The largest absolute Gasteiger partial charge is 0.348 e. The Morgan fingerprint density at radius 3 is 2.82 bits per heavy atom. The van der Waals surface area contributed by atoms with Crippen molar-refractivity contribution in [2.75, 3.05) is 13.1 Å². The zero-order valence-corrected chi connectivity index (χ0v) is 15.4. The smallest absolute Gasteiger partial charge is 0.270 e. The van der Waals surface area contributed by atoms with Gasteiger partial charge in [-0.15, -0.1) is 0 Å². The number of carbonyl (C=O) groups excluding carboxylic acids is 1. The predicted octanol–water partition coefficient (Wildman–Crippen LogP) is 1.75. The van der Waals surface area contributed by atoms with Crippen LogP contribution < -0.4 is 5.32 Å². The highest BCUT2D eigenvalue weighted by Gasteiger charge is 2.44. The van der Waals surface area contributed by atoms with Crippen LogP contribution in [-0.4, -0.2) is 61.4 Å². The summed E-state index contributed by atoms with van der Waals surface area (Å²) < 4.78 is 28.5. The second kappa shape index (κ2) is 6.58. The fourth-order valence-electron chi connectivity index (χ4n) is 4.43. The molecule has 2 aromatic rings. The highest BCUT2D eigenvalue weighted by molar-refractivity contribution is 5.94. The molecule has 0 spiro atoms. The van der Waals surface area contributed by atoms with Crippen LogP contribution in [0, 0.1) is 0 Å². The standard InChI is InChI=1S/C19H22F2N6O/c20-19(21)4-6-26(10-19)13-8-12(9-13)23-17(28)16-14-2-1-3-15(14)24-18(25-16)27-7-5-22-11-27/h5,7,11-13H,1-4,6,8-10H2,(H,23,28). The van der Waals surface area contributed by atoms with E-state index in [1.165, 1.54) is 0 Å². The number of hydrogen-bond acceptors (Lipinski definition) is 5. The molecule has 1 amide bonds. The van der Waals surface area contributed by atoms with Gasteiger partial charge in [0.25, 0.3) is 11.8 Å². The minimum atomic E-state index is -2.57. The minimum Gasteiger partial charge on any atom is -0.348 e. The number of nitrogens with one attached hydrogen (secondary N) is 1. The highest BCUT2D eigenvalue weighted by atomic mass is 19.3. The first-order chi connectivity index (χ1) is 13.5. The predicted molar refractivity (Wildman–Crippen MR) is 96.6 cm³/mol. The summed E-state index contributed by atoms with van der Waals surface area (Å²) >= 11 is 0. The summed E-state index contributed by atoms with van der Waals surface area (Å²) in [6.45, 7) is 0.276. The Morgan fingerprint density at radius 1 is 1.25 bits per heavy atom. The summed E-state index contributed by atoms with van der Waals surface area (Å²) in [5, 5.41) is 3.04. The lowest BCUT2D eigenvalue weighted by Gasteiger charge is -2.41. The number of aromatic nitrogens is 4. The SMILES string of the molecule is O=C(NC1CC(N2CCC(F)(F)C2)C1)c1nc(-n2ccnc2)nc2c1CCC2. The third-order valence-corrected chi connectivity index (χ3v) is 6.04. The monoisotopic (exact) mass is 388 g/mol. The van der Waals surface area contributed by atoms with Gasteiger partial charge < -0.3 is 5.32 Å². The lowest BCUT2D eigenvalue weighted by molar-refractivity contribution is -0.000497. The Labute approximate surface area is 161 Å². The van der Waals surface area contributed by atoms with E-state index in [0.29, 0.717) is 31.0 Å². The maximum Gasteiger partial charge on any atom is 0.270 e. The molecule has 5 rings (SSSR count). The van der Waals surface area contributed by atoms with Gasteiger partial charge in [0.2, 0.25) is 5.95 Å². The lowest BCUT2D eigenvalue weighted by Crippen LogP contribution is -2.53. The number of amides is 1. The van der Waals surface area contributed by atoms with Crippen LogP contribution >= 0.6 is 0 Å². The molecular formula is C19H22F2N6O. The van der Waals surface area contributed by atoms with E-state index in [-0.39, 0.29) is 31.0 Å². The van der Waals surface area contributed by atoms with Gasteiger partial charge in [-0.05, 0) is 32.1 Å². The number of rotatable bonds is 4. The van der Waals surface area contributed by atoms with Gasteiger partial charge in [-0.3, -0.25) is 14.3 Å². The van der Waals surface area contributed by atoms with Crippen molar-refractivity contribution in [3.63, 3.8) is 0 Å². The van der Waals surface area contributed by atoms with Gasteiger partial charge in [0.05, 0.1) is 6.54 Å². The van der Waals surface area contributed by atoms with Crippen molar-refractivity contribution >= 4 is 5.91 Å². The van der Waals surface area contributed by atoms with E-state index in [1.54, 1.807) is 23.3 Å². The number of hydrogen-bond donors (Lipinski definition) is 1. The first-order valence-electron chi connectivity index (χ1n) is 9.79. The van der Waals surface area contributed by atoms with Crippen LogP contribution in [0.1, 0.15) is 47.4 Å². The Balaban J connectivity index is 1.28. The van der Waals surface area contributed by atoms with Crippen LogP contribution in [0.4, 0.5) is 8.78 Å². The summed E-state index contributed by atoms with van der Waals surface area (Å²) in [6, 6.07) is 0.145. The van der Waals surface area contributed by atoms with Crippen LogP contribution in [0.25, 0.3) is 5.95 Å². The minimum absolute atomic E-state index is 0.00966. The molecule has 0 aromatic carbocycles. The molecule has 9 heteroatoms. The maximum absolute atomic E-state index is 13.4. The van der Waals surface area contributed by atoms with Gasteiger partial charge in [0.15, 0.2) is 0 Å². The van der Waals surface area contributed by atoms with Crippen molar-refractivity contribution in [1.29, 1.82) is 0 Å². The Hall–Kier alpha value is -2.42. The van der Waals surface area contributed by atoms with Gasteiger partial charge in [-0.2, -0.15) is 0 Å². The number of alkyl halides is 2. The molecule has 2 aromatic heterocycles. The summed E-state index contributed by atoms with van der Waals surface area (Å²) in [7, 11) is 0. The molecule has 28 heavy (non-hydrogen) atoms. The van der Waals surface area contributed by atoms with Crippen molar-refractivity contribution in [3.05, 3.63) is 35.7 Å². The fraction of sp³-hybridized carbons (Fsp3) is 0.579. The van der Waals surface area contributed by atoms with Crippen LogP contribution in [0.15, 0.2) is 18.7 Å². The first kappa shape index (κ1) is 17.7. The molecule has 1 aliphatic heterocycles. The van der Waals surface area contributed by atoms with E-state index < -0.39 is 5.92 Å². The molecule has 1 saturated carbocycles. The number of aryl methyl sites for hydroxylation is 1. The van der Waals surface area contributed by atoms with Crippen LogP contribution in [0.2, 0.25) is 0 Å². The molecule has 0 unspecified atom stereocenters. The molecule has 1 N–H and O–H groups in total. The van der Waals surface area contributed by atoms with Crippen molar-refractivity contribution in [2.45, 2.75) is 56.5 Å². The van der Waals surface area contributed by atoms with Gasteiger partial charge in [0, 0.05) is 48.7 Å². The number of nitrogens with zero attached hydrogens (tertiary/aromatic N) is 5. The third kappa shape index (κ3) is 3.17. The third-order valence-electron chi connectivity index (χ3n) is 6.04. The molecule has 0 atom stereocenters. The van der Waals surface area contributed by atoms with Crippen molar-refractivity contribution in [3.8, 4) is 5.95 Å². The van der Waals surface area contributed by atoms with E-state index >= 15 is 0 Å². The fourth-order valence-corrected chi connectivity index (χ4v) is 4.43. The van der Waals surface area contributed by atoms with Crippen LogP contribution in [0.3, 0.4) is 0 Å². The topological polar surface area (TPSA) is 75.9 Å². The van der Waals surface area contributed by atoms with Gasteiger partial charge >= 0.3 is 0 Å². The molecule has 2 fully saturated rings. The molecule has 3 heterocycles. The number of halogens is 2. The number of imidazole rings is 1. The van der Waals surface area contributed by atoms with Crippen molar-refractivity contribution < 1.29 is 13.6 Å². The summed E-state index contributed by atoms with van der Waals surface area (Å²) in [5.41, 5.74) is 2.29. The van der Waals surface area contributed by atoms with Gasteiger partial charge in [-0.1, -0.05) is 0 Å². The Bertz CT molecular complexity index is 894. The molecule has 2 aliphatic carbocycles. The molecule has 3 aliphatic rings.